The quantitative estimate of drug-likeness (QED) is 0.505. The number of rotatable bonds is 7. The van der Waals surface area contributed by atoms with Crippen molar-refractivity contribution in [3.8, 4) is 0 Å². The van der Waals surface area contributed by atoms with Crippen LogP contribution in [0.4, 0.5) is 0 Å². The Hall–Kier alpha value is -1.36. The molecule has 0 radical (unpaired) electrons. The minimum Gasteiger partial charge on any atom is -0.469 e. The summed E-state index contributed by atoms with van der Waals surface area (Å²) >= 11 is 0. The molecule has 0 aromatic rings. The maximum atomic E-state index is 11.9. The van der Waals surface area contributed by atoms with E-state index in [0.717, 1.165) is 19.4 Å². The molecule has 1 unspecified atom stereocenters. The van der Waals surface area contributed by atoms with E-state index in [9.17, 15) is 9.59 Å². The Morgan fingerprint density at radius 3 is 2.89 bits per heavy atom. The summed E-state index contributed by atoms with van der Waals surface area (Å²) in [6.45, 7) is 5.23. The maximum absolute atomic E-state index is 11.9. The smallest absolute Gasteiger partial charge is 0.307 e. The predicted octanol–water partition coefficient (Wildman–Crippen LogP) is 1.13. The minimum atomic E-state index is -0.307. The van der Waals surface area contributed by atoms with E-state index in [1.165, 1.54) is 7.11 Å². The van der Waals surface area contributed by atoms with E-state index in [-0.39, 0.29) is 30.8 Å². The molecule has 0 spiro atoms. The molecule has 0 aliphatic carbocycles. The first-order valence-corrected chi connectivity index (χ1v) is 6.24. The highest BCUT2D eigenvalue weighted by Crippen LogP contribution is 2.14. The Morgan fingerprint density at radius 1 is 1.56 bits per heavy atom. The van der Waals surface area contributed by atoms with Gasteiger partial charge in [0.1, 0.15) is 0 Å². The second kappa shape index (κ2) is 7.87. The molecule has 5 nitrogen and oxygen atoms in total. The lowest BCUT2D eigenvalue weighted by molar-refractivity contribution is -0.142. The molecule has 1 rings (SSSR count). The maximum Gasteiger partial charge on any atom is 0.307 e. The lowest BCUT2D eigenvalue weighted by atomic mass is 10.2. The van der Waals surface area contributed by atoms with Gasteiger partial charge in [-0.2, -0.15) is 0 Å². The van der Waals surface area contributed by atoms with E-state index >= 15 is 0 Å². The van der Waals surface area contributed by atoms with Gasteiger partial charge in [0.2, 0.25) is 5.91 Å². The van der Waals surface area contributed by atoms with Crippen molar-refractivity contribution in [2.45, 2.75) is 31.8 Å². The van der Waals surface area contributed by atoms with Crippen molar-refractivity contribution in [3.05, 3.63) is 12.7 Å². The van der Waals surface area contributed by atoms with Crippen molar-refractivity contribution in [1.29, 1.82) is 0 Å². The molecule has 1 amide bonds. The van der Waals surface area contributed by atoms with Crippen LogP contribution in [0, 0.1) is 0 Å². The van der Waals surface area contributed by atoms with E-state index < -0.39 is 0 Å². The minimum absolute atomic E-state index is 0.0237. The van der Waals surface area contributed by atoms with Crippen molar-refractivity contribution in [2.24, 2.45) is 0 Å². The summed E-state index contributed by atoms with van der Waals surface area (Å²) in [6, 6.07) is 0. The first-order chi connectivity index (χ1) is 8.67. The van der Waals surface area contributed by atoms with Crippen molar-refractivity contribution in [2.75, 3.05) is 26.8 Å². The molecular formula is C13H21NO4. The fraction of sp³-hybridized carbons (Fsp3) is 0.692. The van der Waals surface area contributed by atoms with Crippen LogP contribution in [0.2, 0.25) is 0 Å². The topological polar surface area (TPSA) is 55.8 Å². The molecule has 0 aromatic carbocycles. The van der Waals surface area contributed by atoms with Crippen LogP contribution < -0.4 is 0 Å². The van der Waals surface area contributed by atoms with Gasteiger partial charge in [0.15, 0.2) is 0 Å². The lowest BCUT2D eigenvalue weighted by Crippen LogP contribution is -2.38. The van der Waals surface area contributed by atoms with Gasteiger partial charge >= 0.3 is 5.97 Å². The molecular weight excluding hydrogens is 234 g/mol. The monoisotopic (exact) mass is 255 g/mol. The fourth-order valence-corrected chi connectivity index (χ4v) is 1.93. The summed E-state index contributed by atoms with van der Waals surface area (Å²) < 4.78 is 10.1. The van der Waals surface area contributed by atoms with Gasteiger partial charge in [0.05, 0.1) is 19.6 Å². The van der Waals surface area contributed by atoms with Gasteiger partial charge in [-0.3, -0.25) is 9.59 Å². The summed E-state index contributed by atoms with van der Waals surface area (Å²) in [6.07, 6.45) is 4.17. The third-order valence-corrected chi connectivity index (χ3v) is 2.93. The highest BCUT2D eigenvalue weighted by atomic mass is 16.5. The van der Waals surface area contributed by atoms with E-state index in [0.29, 0.717) is 13.1 Å². The lowest BCUT2D eigenvalue weighted by Gasteiger charge is -2.24. The van der Waals surface area contributed by atoms with Crippen LogP contribution in [-0.4, -0.2) is 49.7 Å². The average Bonchev–Trinajstić information content (AvgIpc) is 2.87. The molecule has 0 saturated carbocycles. The van der Waals surface area contributed by atoms with Crippen molar-refractivity contribution in [3.63, 3.8) is 0 Å². The van der Waals surface area contributed by atoms with Gasteiger partial charge in [0, 0.05) is 26.1 Å². The van der Waals surface area contributed by atoms with Crippen LogP contribution in [0.1, 0.15) is 25.7 Å². The molecule has 1 atom stereocenters. The first-order valence-electron chi connectivity index (χ1n) is 6.24. The summed E-state index contributed by atoms with van der Waals surface area (Å²) in [7, 11) is 1.35. The number of ether oxygens (including phenoxy) is 2. The Labute approximate surface area is 108 Å². The molecule has 1 aliphatic rings. The summed E-state index contributed by atoms with van der Waals surface area (Å²) in [4.78, 5) is 24.7. The van der Waals surface area contributed by atoms with Crippen LogP contribution in [0.15, 0.2) is 12.7 Å². The van der Waals surface area contributed by atoms with E-state index in [2.05, 4.69) is 11.3 Å². The molecule has 1 saturated heterocycles. The SMILES string of the molecule is C=CCC(=O)N(CCC(=O)OC)CC1CCCO1. The second-order valence-corrected chi connectivity index (χ2v) is 4.29. The molecule has 102 valence electrons. The van der Waals surface area contributed by atoms with Crippen LogP contribution in [-0.2, 0) is 19.1 Å². The number of carbonyl (C=O) groups is 2. The largest absolute Gasteiger partial charge is 0.469 e. The number of carbonyl (C=O) groups excluding carboxylic acids is 2. The zero-order valence-corrected chi connectivity index (χ0v) is 10.9. The number of nitrogens with zero attached hydrogens (tertiary/aromatic N) is 1. The zero-order chi connectivity index (χ0) is 13.4. The Morgan fingerprint density at radius 2 is 2.33 bits per heavy atom. The van der Waals surface area contributed by atoms with E-state index in [1.54, 1.807) is 11.0 Å². The van der Waals surface area contributed by atoms with Gasteiger partial charge in [-0.25, -0.2) is 0 Å². The third kappa shape index (κ3) is 4.87. The highest BCUT2D eigenvalue weighted by molar-refractivity contribution is 5.78. The predicted molar refractivity (Wildman–Crippen MR) is 67.0 cm³/mol. The highest BCUT2D eigenvalue weighted by Gasteiger charge is 2.22. The van der Waals surface area contributed by atoms with Gasteiger partial charge in [0.25, 0.3) is 0 Å². The zero-order valence-electron chi connectivity index (χ0n) is 10.9. The third-order valence-electron chi connectivity index (χ3n) is 2.93. The van der Waals surface area contributed by atoms with Gasteiger partial charge in [-0.1, -0.05) is 6.08 Å². The van der Waals surface area contributed by atoms with Crippen LogP contribution in [0.5, 0.6) is 0 Å². The molecule has 5 heteroatoms. The molecule has 1 aliphatic heterocycles. The summed E-state index contributed by atoms with van der Waals surface area (Å²) in [5.41, 5.74) is 0. The number of amides is 1. The second-order valence-electron chi connectivity index (χ2n) is 4.29. The summed E-state index contributed by atoms with van der Waals surface area (Å²) in [5, 5.41) is 0. The molecule has 18 heavy (non-hydrogen) atoms. The van der Waals surface area contributed by atoms with Crippen LogP contribution in [0.3, 0.4) is 0 Å². The normalized spacial score (nSPS) is 18.4. The molecule has 1 heterocycles. The van der Waals surface area contributed by atoms with Crippen molar-refractivity contribution in [1.82, 2.24) is 4.90 Å². The Bertz CT molecular complexity index is 297. The van der Waals surface area contributed by atoms with Gasteiger partial charge in [-0.15, -0.1) is 6.58 Å². The van der Waals surface area contributed by atoms with E-state index in [1.807, 2.05) is 0 Å². The molecule has 0 N–H and O–H groups in total. The van der Waals surface area contributed by atoms with E-state index in [4.69, 9.17) is 4.74 Å². The van der Waals surface area contributed by atoms with Gasteiger partial charge < -0.3 is 14.4 Å². The van der Waals surface area contributed by atoms with Crippen LogP contribution >= 0.6 is 0 Å². The number of esters is 1. The average molecular weight is 255 g/mol. The van der Waals surface area contributed by atoms with Crippen molar-refractivity contribution < 1.29 is 19.1 Å². The number of methoxy groups -OCH3 is 1. The van der Waals surface area contributed by atoms with Gasteiger partial charge in [-0.05, 0) is 12.8 Å². The number of hydrogen-bond acceptors (Lipinski definition) is 4. The van der Waals surface area contributed by atoms with Crippen molar-refractivity contribution >= 4 is 11.9 Å². The van der Waals surface area contributed by atoms with Crippen LogP contribution in [0.25, 0.3) is 0 Å². The Kier molecular flexibility index (Phi) is 6.43. The number of hydrogen-bond donors (Lipinski definition) is 0. The molecule has 0 aromatic heterocycles. The first kappa shape index (κ1) is 14.7. The fourth-order valence-electron chi connectivity index (χ4n) is 1.93. The standard InChI is InChI=1S/C13H21NO4/c1-3-5-12(15)14(8-7-13(16)17-2)10-11-6-4-9-18-11/h3,11H,1,4-10H2,2H3. The Balaban J connectivity index is 2.47. The molecule has 0 bridgehead atoms. The molecule has 1 fully saturated rings. The summed E-state index contributed by atoms with van der Waals surface area (Å²) in [5.74, 6) is -0.330.